The van der Waals surface area contributed by atoms with Crippen LogP contribution in [0.25, 0.3) is 0 Å². The molecule has 0 bridgehead atoms. The first kappa shape index (κ1) is 13.8. The van der Waals surface area contributed by atoms with Gasteiger partial charge in [-0.25, -0.2) is 0 Å². The molecular weight excluding hydrogens is 217 g/mol. The predicted molar refractivity (Wildman–Crippen MR) is 58.4 cm³/mol. The highest BCUT2D eigenvalue weighted by atomic mass is 19.4. The minimum absolute atomic E-state index is 0.386. The highest BCUT2D eigenvalue weighted by Gasteiger charge is 2.40. The molecule has 0 aromatic heterocycles. The van der Waals surface area contributed by atoms with Crippen LogP contribution < -0.4 is 0 Å². The van der Waals surface area contributed by atoms with E-state index in [1.54, 1.807) is 4.90 Å². The molecule has 1 fully saturated rings. The van der Waals surface area contributed by atoms with Gasteiger partial charge in [0.25, 0.3) is 0 Å². The van der Waals surface area contributed by atoms with E-state index < -0.39 is 12.7 Å². The van der Waals surface area contributed by atoms with E-state index >= 15 is 0 Å². The van der Waals surface area contributed by atoms with E-state index in [4.69, 9.17) is 0 Å². The summed E-state index contributed by atoms with van der Waals surface area (Å²) >= 11 is 0. The minimum Gasteiger partial charge on any atom is -0.300 e. The Morgan fingerprint density at radius 3 is 2.25 bits per heavy atom. The Bertz CT molecular complexity index is 226. The summed E-state index contributed by atoms with van der Waals surface area (Å²) in [6.45, 7) is 8.02. The molecule has 1 rings (SSSR count). The highest BCUT2D eigenvalue weighted by molar-refractivity contribution is 4.90. The summed E-state index contributed by atoms with van der Waals surface area (Å²) in [6, 6.07) is 0. The maximum Gasteiger partial charge on any atom is 0.401 e. The monoisotopic (exact) mass is 238 g/mol. The molecule has 0 aliphatic carbocycles. The predicted octanol–water partition coefficient (Wildman–Crippen LogP) is 2.35. The van der Waals surface area contributed by atoms with Crippen molar-refractivity contribution in [2.45, 2.75) is 38.9 Å². The lowest BCUT2D eigenvalue weighted by Crippen LogP contribution is -2.61. The van der Waals surface area contributed by atoms with Crippen LogP contribution in [-0.4, -0.2) is 54.2 Å². The van der Waals surface area contributed by atoms with Crippen molar-refractivity contribution < 1.29 is 13.2 Å². The van der Waals surface area contributed by atoms with Gasteiger partial charge in [0.15, 0.2) is 0 Å². The van der Waals surface area contributed by atoms with Crippen molar-refractivity contribution in [2.24, 2.45) is 0 Å². The van der Waals surface area contributed by atoms with Gasteiger partial charge >= 0.3 is 6.18 Å². The SMILES string of the molecule is CCCN1CCN(CC(F)(F)F)C(C)(C)C1. The third kappa shape index (κ3) is 3.94. The highest BCUT2D eigenvalue weighted by Crippen LogP contribution is 2.26. The lowest BCUT2D eigenvalue weighted by molar-refractivity contribution is -0.164. The van der Waals surface area contributed by atoms with Crippen LogP contribution in [0, 0.1) is 0 Å². The number of rotatable bonds is 3. The van der Waals surface area contributed by atoms with Gasteiger partial charge in [-0.1, -0.05) is 6.92 Å². The normalized spacial score (nSPS) is 23.6. The fraction of sp³-hybridized carbons (Fsp3) is 1.00. The number of alkyl halides is 3. The second-order valence-electron chi connectivity index (χ2n) is 5.13. The lowest BCUT2D eigenvalue weighted by Gasteiger charge is -2.47. The number of hydrogen-bond donors (Lipinski definition) is 0. The van der Waals surface area contributed by atoms with Gasteiger partial charge in [0.05, 0.1) is 6.54 Å². The number of piperazine rings is 1. The van der Waals surface area contributed by atoms with Crippen molar-refractivity contribution in [3.8, 4) is 0 Å². The summed E-state index contributed by atoms with van der Waals surface area (Å²) in [6.07, 6.45) is -3.04. The molecule has 5 heteroatoms. The number of nitrogens with zero attached hydrogens (tertiary/aromatic N) is 2. The Labute approximate surface area is 95.4 Å². The Morgan fingerprint density at radius 2 is 1.81 bits per heavy atom. The van der Waals surface area contributed by atoms with Gasteiger partial charge in [0.1, 0.15) is 0 Å². The van der Waals surface area contributed by atoms with Crippen molar-refractivity contribution in [3.63, 3.8) is 0 Å². The van der Waals surface area contributed by atoms with Gasteiger partial charge in [0, 0.05) is 25.2 Å². The van der Waals surface area contributed by atoms with Crippen LogP contribution in [0.4, 0.5) is 13.2 Å². The van der Waals surface area contributed by atoms with Crippen molar-refractivity contribution >= 4 is 0 Å². The topological polar surface area (TPSA) is 6.48 Å². The average molecular weight is 238 g/mol. The molecule has 0 N–H and O–H groups in total. The summed E-state index contributed by atoms with van der Waals surface area (Å²) in [4.78, 5) is 3.78. The molecule has 1 aliphatic rings. The van der Waals surface area contributed by atoms with Crippen LogP contribution in [0.15, 0.2) is 0 Å². The Hall–Kier alpha value is -0.290. The first-order chi connectivity index (χ1) is 7.24. The number of hydrogen-bond acceptors (Lipinski definition) is 2. The van der Waals surface area contributed by atoms with Crippen LogP contribution in [0.3, 0.4) is 0 Å². The zero-order valence-electron chi connectivity index (χ0n) is 10.3. The Balaban J connectivity index is 2.57. The van der Waals surface area contributed by atoms with E-state index in [-0.39, 0.29) is 5.54 Å². The maximum absolute atomic E-state index is 12.4. The third-order valence-corrected chi connectivity index (χ3v) is 3.06. The molecule has 0 radical (unpaired) electrons. The van der Waals surface area contributed by atoms with Crippen molar-refractivity contribution in [3.05, 3.63) is 0 Å². The van der Waals surface area contributed by atoms with Gasteiger partial charge in [0.2, 0.25) is 0 Å². The van der Waals surface area contributed by atoms with E-state index in [2.05, 4.69) is 11.8 Å². The van der Waals surface area contributed by atoms with Gasteiger partial charge < -0.3 is 4.90 Å². The van der Waals surface area contributed by atoms with Crippen LogP contribution in [0.5, 0.6) is 0 Å². The smallest absolute Gasteiger partial charge is 0.300 e. The van der Waals surface area contributed by atoms with Crippen LogP contribution >= 0.6 is 0 Å². The number of halogens is 3. The Kier molecular flexibility index (Phi) is 4.23. The second-order valence-corrected chi connectivity index (χ2v) is 5.13. The summed E-state index contributed by atoms with van der Waals surface area (Å²) in [7, 11) is 0. The molecule has 0 aromatic carbocycles. The van der Waals surface area contributed by atoms with Crippen LogP contribution in [0.2, 0.25) is 0 Å². The van der Waals surface area contributed by atoms with Crippen LogP contribution in [-0.2, 0) is 0 Å². The quantitative estimate of drug-likeness (QED) is 0.744. The summed E-state index contributed by atoms with van der Waals surface area (Å²) in [5.74, 6) is 0. The molecule has 1 heterocycles. The first-order valence-electron chi connectivity index (χ1n) is 5.79. The van der Waals surface area contributed by atoms with Gasteiger partial charge in [-0.2, -0.15) is 13.2 Å². The summed E-state index contributed by atoms with van der Waals surface area (Å²) in [5, 5.41) is 0. The lowest BCUT2D eigenvalue weighted by atomic mass is 9.98. The molecule has 1 aliphatic heterocycles. The molecule has 16 heavy (non-hydrogen) atoms. The van der Waals surface area contributed by atoms with E-state index in [9.17, 15) is 13.2 Å². The molecule has 0 unspecified atom stereocenters. The molecule has 0 saturated carbocycles. The van der Waals surface area contributed by atoms with Gasteiger partial charge in [-0.15, -0.1) is 0 Å². The summed E-state index contributed by atoms with van der Waals surface area (Å²) in [5.41, 5.74) is -0.386. The second kappa shape index (κ2) is 4.92. The fourth-order valence-electron chi connectivity index (χ4n) is 2.31. The molecule has 2 nitrogen and oxygen atoms in total. The zero-order chi connectivity index (χ0) is 12.4. The largest absolute Gasteiger partial charge is 0.401 e. The van der Waals surface area contributed by atoms with E-state index in [1.807, 2.05) is 13.8 Å². The van der Waals surface area contributed by atoms with E-state index in [1.165, 1.54) is 0 Å². The van der Waals surface area contributed by atoms with E-state index in [0.717, 1.165) is 26.1 Å². The molecule has 0 aromatic rings. The molecule has 0 amide bonds. The minimum atomic E-state index is -4.09. The molecule has 96 valence electrons. The summed E-state index contributed by atoms with van der Waals surface area (Å²) < 4.78 is 37.1. The first-order valence-corrected chi connectivity index (χ1v) is 5.79. The average Bonchev–Trinajstić information content (AvgIpc) is 2.07. The Morgan fingerprint density at radius 1 is 1.19 bits per heavy atom. The third-order valence-electron chi connectivity index (χ3n) is 3.06. The fourth-order valence-corrected chi connectivity index (χ4v) is 2.31. The zero-order valence-corrected chi connectivity index (χ0v) is 10.3. The van der Waals surface area contributed by atoms with Crippen molar-refractivity contribution in [2.75, 3.05) is 32.7 Å². The van der Waals surface area contributed by atoms with Gasteiger partial charge in [-0.05, 0) is 26.8 Å². The molecule has 1 saturated heterocycles. The van der Waals surface area contributed by atoms with E-state index in [0.29, 0.717) is 6.54 Å². The van der Waals surface area contributed by atoms with Crippen molar-refractivity contribution in [1.29, 1.82) is 0 Å². The standard InChI is InChI=1S/C11H21F3N2/c1-4-5-15-6-7-16(9-11(12,13)14)10(2,3)8-15/h4-9H2,1-3H3. The molecule has 0 spiro atoms. The molecular formula is C11H21F3N2. The van der Waals surface area contributed by atoms with Crippen molar-refractivity contribution in [1.82, 2.24) is 9.80 Å². The molecule has 0 atom stereocenters. The van der Waals surface area contributed by atoms with Crippen LogP contribution in [0.1, 0.15) is 27.2 Å². The van der Waals surface area contributed by atoms with Gasteiger partial charge in [-0.3, -0.25) is 4.90 Å². The maximum atomic E-state index is 12.4.